The van der Waals surface area contributed by atoms with E-state index in [1.165, 1.54) is 0 Å². The second-order valence-corrected chi connectivity index (χ2v) is 6.25. The number of fused-ring (bicyclic) bond motifs is 1. The van der Waals surface area contributed by atoms with E-state index in [1.807, 2.05) is 52.0 Å². The number of aromatic amines is 1. The number of rotatable bonds is 4. The Bertz CT molecular complexity index is 986. The Kier molecular flexibility index (Phi) is 4.40. The van der Waals surface area contributed by atoms with Gasteiger partial charge in [0.25, 0.3) is 0 Å². The van der Waals surface area contributed by atoms with Gasteiger partial charge in [0, 0.05) is 10.9 Å². The largest absolute Gasteiger partial charge is 0.452 e. The molecule has 0 fully saturated rings. The summed E-state index contributed by atoms with van der Waals surface area (Å²) in [4.78, 5) is 24.9. The second kappa shape index (κ2) is 6.51. The maximum absolute atomic E-state index is 12.6. The van der Waals surface area contributed by atoms with Crippen molar-refractivity contribution in [3.8, 4) is 0 Å². The maximum atomic E-state index is 12.6. The number of nitrogens with one attached hydrogen (secondary N) is 1. The number of para-hydroxylation sites is 1. The van der Waals surface area contributed by atoms with E-state index in [2.05, 4.69) is 10.2 Å². The van der Waals surface area contributed by atoms with E-state index in [9.17, 15) is 9.59 Å². The van der Waals surface area contributed by atoms with Crippen LogP contribution in [0, 0.1) is 27.7 Å². The summed E-state index contributed by atoms with van der Waals surface area (Å²) in [5.74, 6) is -0.809. The highest BCUT2D eigenvalue weighted by molar-refractivity contribution is 6.04. The van der Waals surface area contributed by atoms with E-state index in [4.69, 9.17) is 4.74 Å². The zero-order valence-corrected chi connectivity index (χ0v) is 14.8. The number of hydrogen-bond acceptors (Lipinski definition) is 4. The van der Waals surface area contributed by atoms with Gasteiger partial charge in [-0.25, -0.2) is 4.79 Å². The predicted molar refractivity (Wildman–Crippen MR) is 96.1 cm³/mol. The molecule has 1 N–H and O–H groups in total. The molecule has 3 rings (SSSR count). The number of benzene rings is 2. The van der Waals surface area contributed by atoms with Crippen molar-refractivity contribution in [3.63, 3.8) is 0 Å². The first-order valence-corrected chi connectivity index (χ1v) is 8.11. The van der Waals surface area contributed by atoms with Crippen LogP contribution in [0.25, 0.3) is 10.9 Å². The molecule has 128 valence electrons. The Morgan fingerprint density at radius 1 is 1.04 bits per heavy atom. The molecule has 2 aromatic carbocycles. The van der Waals surface area contributed by atoms with E-state index >= 15 is 0 Å². The van der Waals surface area contributed by atoms with Crippen molar-refractivity contribution in [1.29, 1.82) is 0 Å². The lowest BCUT2D eigenvalue weighted by Gasteiger charge is -2.14. The van der Waals surface area contributed by atoms with Gasteiger partial charge >= 0.3 is 5.97 Å². The van der Waals surface area contributed by atoms with E-state index in [0.717, 1.165) is 27.8 Å². The summed E-state index contributed by atoms with van der Waals surface area (Å²) in [6.45, 7) is 7.53. The zero-order chi connectivity index (χ0) is 18.1. The first-order valence-electron chi connectivity index (χ1n) is 8.11. The second-order valence-electron chi connectivity index (χ2n) is 6.25. The fourth-order valence-electron chi connectivity index (χ4n) is 3.10. The van der Waals surface area contributed by atoms with Gasteiger partial charge < -0.3 is 4.74 Å². The van der Waals surface area contributed by atoms with Crippen LogP contribution in [0.3, 0.4) is 0 Å². The predicted octanol–water partition coefficient (Wildman–Crippen LogP) is 3.84. The van der Waals surface area contributed by atoms with Gasteiger partial charge in [-0.3, -0.25) is 9.89 Å². The summed E-state index contributed by atoms with van der Waals surface area (Å²) in [6, 6.07) is 9.27. The Morgan fingerprint density at radius 3 is 2.52 bits per heavy atom. The van der Waals surface area contributed by atoms with Gasteiger partial charge in [-0.1, -0.05) is 24.3 Å². The molecule has 0 amide bonds. The lowest BCUT2D eigenvalue weighted by molar-refractivity contribution is 0.0470. The molecule has 0 radical (unpaired) electrons. The number of aryl methyl sites for hydroxylation is 2. The highest BCUT2D eigenvalue weighted by Crippen LogP contribution is 2.22. The van der Waals surface area contributed by atoms with E-state index < -0.39 is 5.97 Å². The minimum absolute atomic E-state index is 0.192. The monoisotopic (exact) mass is 336 g/mol. The van der Waals surface area contributed by atoms with Crippen LogP contribution < -0.4 is 0 Å². The summed E-state index contributed by atoms with van der Waals surface area (Å²) in [5.41, 5.74) is 5.63. The molecule has 0 bridgehead atoms. The van der Waals surface area contributed by atoms with Crippen molar-refractivity contribution in [3.05, 3.63) is 63.8 Å². The van der Waals surface area contributed by atoms with Crippen molar-refractivity contribution >= 4 is 22.7 Å². The van der Waals surface area contributed by atoms with Crippen molar-refractivity contribution in [2.75, 3.05) is 6.61 Å². The number of aromatic nitrogens is 2. The standard InChI is InChI=1S/C20H20N2O3/c1-11-9-12(2)18(14(4)13(11)3)17(23)10-25-20(24)19-15-7-5-6-8-16(15)21-22-19/h5-9H,10H2,1-4H3,(H,21,22). The summed E-state index contributed by atoms with van der Waals surface area (Å²) in [6.07, 6.45) is 0. The molecule has 0 unspecified atom stereocenters. The number of nitrogens with zero attached hydrogens (tertiary/aromatic N) is 1. The van der Waals surface area contributed by atoms with Gasteiger partial charge in [0.05, 0.1) is 5.52 Å². The lowest BCUT2D eigenvalue weighted by Crippen LogP contribution is -2.17. The Hall–Kier alpha value is -2.95. The molecule has 0 saturated heterocycles. The molecule has 5 nitrogen and oxygen atoms in total. The Balaban J connectivity index is 1.79. The fourth-order valence-corrected chi connectivity index (χ4v) is 3.10. The van der Waals surface area contributed by atoms with Crippen LogP contribution in [0.4, 0.5) is 0 Å². The van der Waals surface area contributed by atoms with Gasteiger partial charge in [0.1, 0.15) is 0 Å². The van der Waals surface area contributed by atoms with Gasteiger partial charge in [0.2, 0.25) is 5.78 Å². The van der Waals surface area contributed by atoms with E-state index in [1.54, 1.807) is 6.07 Å². The van der Waals surface area contributed by atoms with Crippen molar-refractivity contribution in [2.45, 2.75) is 27.7 Å². The third-order valence-electron chi connectivity index (χ3n) is 4.63. The average molecular weight is 336 g/mol. The molecule has 1 aromatic heterocycles. The quantitative estimate of drug-likeness (QED) is 0.580. The molecular weight excluding hydrogens is 316 g/mol. The molecule has 0 aliphatic heterocycles. The van der Waals surface area contributed by atoms with Gasteiger partial charge in [-0.15, -0.1) is 0 Å². The highest BCUT2D eigenvalue weighted by atomic mass is 16.5. The van der Waals surface area contributed by atoms with E-state index in [0.29, 0.717) is 10.9 Å². The van der Waals surface area contributed by atoms with Gasteiger partial charge in [-0.05, 0) is 56.0 Å². The fraction of sp³-hybridized carbons (Fsp3) is 0.250. The number of ether oxygens (including phenoxy) is 1. The number of ketones is 1. The molecule has 3 aromatic rings. The number of hydrogen-bond donors (Lipinski definition) is 1. The average Bonchev–Trinajstić information content (AvgIpc) is 3.02. The van der Waals surface area contributed by atoms with Crippen LogP contribution in [0.2, 0.25) is 0 Å². The lowest BCUT2D eigenvalue weighted by atomic mass is 9.92. The third-order valence-corrected chi connectivity index (χ3v) is 4.63. The number of esters is 1. The number of Topliss-reactive ketones (excluding diaryl/α,β-unsaturated/α-hetero) is 1. The summed E-state index contributed by atoms with van der Waals surface area (Å²) >= 11 is 0. The van der Waals surface area contributed by atoms with Crippen molar-refractivity contribution in [1.82, 2.24) is 10.2 Å². The maximum Gasteiger partial charge on any atom is 0.359 e. The molecule has 0 saturated carbocycles. The molecular formula is C20H20N2O3. The van der Waals surface area contributed by atoms with Crippen LogP contribution in [0.5, 0.6) is 0 Å². The van der Waals surface area contributed by atoms with Crippen LogP contribution in [-0.2, 0) is 4.74 Å². The number of carbonyl (C=O) groups excluding carboxylic acids is 2. The summed E-state index contributed by atoms with van der Waals surface area (Å²) in [5, 5.41) is 7.46. The first-order chi connectivity index (χ1) is 11.9. The molecule has 0 spiro atoms. The van der Waals surface area contributed by atoms with Gasteiger partial charge in [0.15, 0.2) is 12.3 Å². The SMILES string of the molecule is Cc1cc(C)c(C(=O)COC(=O)c2n[nH]c3ccccc23)c(C)c1C. The smallest absolute Gasteiger partial charge is 0.359 e. The minimum Gasteiger partial charge on any atom is -0.452 e. The Labute approximate surface area is 146 Å². The van der Waals surface area contributed by atoms with Crippen molar-refractivity contribution < 1.29 is 14.3 Å². The Morgan fingerprint density at radius 2 is 1.76 bits per heavy atom. The molecule has 5 heteroatoms. The van der Waals surface area contributed by atoms with Crippen LogP contribution in [0.15, 0.2) is 30.3 Å². The molecule has 0 aliphatic carbocycles. The normalized spacial score (nSPS) is 10.9. The van der Waals surface area contributed by atoms with Crippen LogP contribution in [0.1, 0.15) is 43.1 Å². The first kappa shape index (κ1) is 16.9. The summed E-state index contributed by atoms with van der Waals surface area (Å²) < 4.78 is 5.22. The van der Waals surface area contributed by atoms with Crippen molar-refractivity contribution in [2.24, 2.45) is 0 Å². The van der Waals surface area contributed by atoms with Crippen LogP contribution >= 0.6 is 0 Å². The topological polar surface area (TPSA) is 72.1 Å². The van der Waals surface area contributed by atoms with E-state index in [-0.39, 0.29) is 18.1 Å². The van der Waals surface area contributed by atoms with Crippen LogP contribution in [-0.4, -0.2) is 28.6 Å². The summed E-state index contributed by atoms with van der Waals surface area (Å²) in [7, 11) is 0. The minimum atomic E-state index is -0.607. The van der Waals surface area contributed by atoms with Gasteiger partial charge in [-0.2, -0.15) is 5.10 Å². The highest BCUT2D eigenvalue weighted by Gasteiger charge is 2.20. The zero-order valence-electron chi connectivity index (χ0n) is 14.8. The molecule has 0 aliphatic rings. The number of H-pyrrole nitrogens is 1. The third kappa shape index (κ3) is 3.05. The molecule has 25 heavy (non-hydrogen) atoms. The molecule has 0 atom stereocenters. The number of carbonyl (C=O) groups is 2. The molecule has 1 heterocycles.